The Morgan fingerprint density at radius 3 is 2.10 bits per heavy atom. The first kappa shape index (κ1) is 23.0. The van der Waals surface area contributed by atoms with Gasteiger partial charge in [0, 0.05) is 18.4 Å². The Balaban J connectivity index is 1.87. The van der Waals surface area contributed by atoms with E-state index >= 15 is 0 Å². The number of carbonyl (C=O) groups excluding carboxylic acids is 2. The van der Waals surface area contributed by atoms with Crippen molar-refractivity contribution < 1.29 is 19.1 Å². The van der Waals surface area contributed by atoms with Crippen molar-refractivity contribution in [2.24, 2.45) is 0 Å². The van der Waals surface area contributed by atoms with E-state index in [-0.39, 0.29) is 11.9 Å². The van der Waals surface area contributed by atoms with Crippen LogP contribution in [-0.4, -0.2) is 25.2 Å². The predicted octanol–water partition coefficient (Wildman–Crippen LogP) is 5.82. The van der Waals surface area contributed by atoms with Crippen LogP contribution in [0.25, 0.3) is 0 Å². The summed E-state index contributed by atoms with van der Waals surface area (Å²) >= 11 is 0. The number of cyclic esters (lactones) is 2. The van der Waals surface area contributed by atoms with Gasteiger partial charge in [-0.2, -0.15) is 0 Å². The number of rotatable bonds is 0. The highest BCUT2D eigenvalue weighted by Crippen LogP contribution is 2.13. The first-order chi connectivity index (χ1) is 14.3. The number of hydrogen-bond donors (Lipinski definition) is 0. The minimum Gasteiger partial charge on any atom is -0.466 e. The molecule has 1 heterocycles. The van der Waals surface area contributed by atoms with E-state index in [2.05, 4.69) is 11.8 Å². The molecule has 0 bridgehead atoms. The maximum atomic E-state index is 12.4. The van der Waals surface area contributed by atoms with E-state index in [0.717, 1.165) is 38.5 Å². The number of carbonyl (C=O) groups is 2. The molecule has 29 heavy (non-hydrogen) atoms. The fraction of sp³-hybridized carbons (Fsp3) is 0.600. The second-order valence-corrected chi connectivity index (χ2v) is 7.59. The van der Waals surface area contributed by atoms with Gasteiger partial charge >= 0.3 is 11.9 Å². The van der Waals surface area contributed by atoms with Crippen LogP contribution in [0.4, 0.5) is 0 Å². The fourth-order valence-electron chi connectivity index (χ4n) is 3.35. The monoisotopic (exact) mass is 398 g/mol. The van der Waals surface area contributed by atoms with Crippen molar-refractivity contribution in [3.63, 3.8) is 0 Å². The van der Waals surface area contributed by atoms with Gasteiger partial charge in [-0.25, -0.2) is 4.79 Å². The van der Waals surface area contributed by atoms with Crippen molar-refractivity contribution in [1.29, 1.82) is 0 Å². The van der Waals surface area contributed by atoms with E-state index in [1.807, 2.05) is 18.2 Å². The summed E-state index contributed by atoms with van der Waals surface area (Å²) in [6.07, 6.45) is 13.0. The molecule has 0 spiro atoms. The summed E-state index contributed by atoms with van der Waals surface area (Å²) in [5, 5.41) is 0. The van der Waals surface area contributed by atoms with Crippen molar-refractivity contribution in [2.45, 2.75) is 83.5 Å². The lowest BCUT2D eigenvalue weighted by Gasteiger charge is -2.07. The van der Waals surface area contributed by atoms with Crippen LogP contribution in [0.5, 0.6) is 0 Å². The molecule has 4 heteroatoms. The smallest absolute Gasteiger partial charge is 0.339 e. The quantitative estimate of drug-likeness (QED) is 0.408. The number of fused-ring (bicyclic) bond motifs is 1. The summed E-state index contributed by atoms with van der Waals surface area (Å²) in [6, 6.07) is 7.34. The highest BCUT2D eigenvalue weighted by molar-refractivity contribution is 5.92. The van der Waals surface area contributed by atoms with Crippen molar-refractivity contribution in [2.75, 3.05) is 13.2 Å². The Bertz CT molecular complexity index is 684. The van der Waals surface area contributed by atoms with Crippen LogP contribution >= 0.6 is 0 Å². The molecular formula is C25H34O4. The van der Waals surface area contributed by atoms with Crippen molar-refractivity contribution in [1.82, 2.24) is 0 Å². The average Bonchev–Trinajstić information content (AvgIpc) is 2.73. The van der Waals surface area contributed by atoms with Gasteiger partial charge in [-0.1, -0.05) is 68.9 Å². The molecule has 0 amide bonds. The van der Waals surface area contributed by atoms with Crippen LogP contribution in [0, 0.1) is 11.8 Å². The summed E-state index contributed by atoms with van der Waals surface area (Å²) in [7, 11) is 0. The standard InChI is InChI=1S/C25H34O4/c26-24-19-11-6-4-2-1-3-5-8-15-21-29-25(27)23-18-13-12-17-22(23)16-10-7-9-14-20-28-24/h12-13,17-18H,1-9,11,14-15,19-21H2. The maximum absolute atomic E-state index is 12.4. The third-order valence-electron chi connectivity index (χ3n) is 5.09. The number of ether oxygens (including phenoxy) is 2. The molecule has 158 valence electrons. The van der Waals surface area contributed by atoms with Gasteiger partial charge in [-0.15, -0.1) is 0 Å². The fourth-order valence-corrected chi connectivity index (χ4v) is 3.35. The first-order valence-electron chi connectivity index (χ1n) is 11.2. The highest BCUT2D eigenvalue weighted by atomic mass is 16.5. The van der Waals surface area contributed by atoms with Gasteiger partial charge in [0.25, 0.3) is 0 Å². The van der Waals surface area contributed by atoms with Crippen LogP contribution in [0.2, 0.25) is 0 Å². The van der Waals surface area contributed by atoms with Crippen LogP contribution in [-0.2, 0) is 14.3 Å². The molecule has 0 atom stereocenters. The SMILES string of the molecule is O=C1CCCCCCCCCCCOC(=O)c2ccccc2C#CCCCCO1. The Morgan fingerprint density at radius 1 is 0.690 bits per heavy atom. The number of benzene rings is 1. The van der Waals surface area contributed by atoms with Crippen LogP contribution in [0.3, 0.4) is 0 Å². The minimum atomic E-state index is -0.291. The molecule has 2 rings (SSSR count). The van der Waals surface area contributed by atoms with Crippen molar-refractivity contribution >= 4 is 11.9 Å². The molecule has 1 aliphatic heterocycles. The minimum absolute atomic E-state index is 0.0816. The average molecular weight is 399 g/mol. The highest BCUT2D eigenvalue weighted by Gasteiger charge is 2.10. The molecular weight excluding hydrogens is 364 g/mol. The second kappa shape index (κ2) is 14.7. The van der Waals surface area contributed by atoms with E-state index in [1.54, 1.807) is 6.07 Å². The summed E-state index contributed by atoms with van der Waals surface area (Å²) in [5.74, 6) is 5.84. The lowest BCUT2D eigenvalue weighted by Crippen LogP contribution is -2.08. The summed E-state index contributed by atoms with van der Waals surface area (Å²) < 4.78 is 10.7. The lowest BCUT2D eigenvalue weighted by molar-refractivity contribution is -0.143. The normalized spacial score (nSPS) is 19.0. The maximum Gasteiger partial charge on any atom is 0.339 e. The molecule has 0 aliphatic carbocycles. The van der Waals surface area contributed by atoms with Gasteiger partial charge in [0.05, 0.1) is 18.8 Å². The Morgan fingerprint density at radius 2 is 1.31 bits per heavy atom. The molecule has 0 fully saturated rings. The zero-order valence-corrected chi connectivity index (χ0v) is 17.5. The van der Waals surface area contributed by atoms with E-state index < -0.39 is 0 Å². The van der Waals surface area contributed by atoms with E-state index in [0.29, 0.717) is 37.2 Å². The summed E-state index contributed by atoms with van der Waals surface area (Å²) in [5.41, 5.74) is 1.25. The zero-order valence-electron chi connectivity index (χ0n) is 17.5. The molecule has 0 saturated carbocycles. The Hall–Kier alpha value is -2.28. The van der Waals surface area contributed by atoms with Crippen LogP contribution in [0.15, 0.2) is 24.3 Å². The van der Waals surface area contributed by atoms with Gasteiger partial charge < -0.3 is 9.47 Å². The third kappa shape index (κ3) is 10.2. The molecule has 0 unspecified atom stereocenters. The Kier molecular flexibility index (Phi) is 11.6. The summed E-state index contributed by atoms with van der Waals surface area (Å²) in [4.78, 5) is 24.1. The van der Waals surface area contributed by atoms with Crippen LogP contribution in [0.1, 0.15) is 99.4 Å². The number of hydrogen-bond acceptors (Lipinski definition) is 4. The lowest BCUT2D eigenvalue weighted by atomic mass is 10.1. The number of esters is 2. The van der Waals surface area contributed by atoms with Crippen molar-refractivity contribution in [3.05, 3.63) is 35.4 Å². The predicted molar refractivity (Wildman–Crippen MR) is 115 cm³/mol. The molecule has 0 radical (unpaired) electrons. The molecule has 4 nitrogen and oxygen atoms in total. The van der Waals surface area contributed by atoms with E-state index in [9.17, 15) is 9.59 Å². The van der Waals surface area contributed by atoms with Crippen molar-refractivity contribution in [3.8, 4) is 11.8 Å². The first-order valence-corrected chi connectivity index (χ1v) is 11.2. The third-order valence-corrected chi connectivity index (χ3v) is 5.09. The largest absolute Gasteiger partial charge is 0.466 e. The van der Waals surface area contributed by atoms with Gasteiger partial charge in [-0.05, 0) is 37.8 Å². The molecule has 0 aromatic heterocycles. The second-order valence-electron chi connectivity index (χ2n) is 7.59. The topological polar surface area (TPSA) is 52.6 Å². The molecule has 0 N–H and O–H groups in total. The van der Waals surface area contributed by atoms with Gasteiger partial charge in [0.2, 0.25) is 0 Å². The molecule has 1 aliphatic rings. The molecule has 0 saturated heterocycles. The Labute approximate surface area is 175 Å². The molecule has 1 aromatic carbocycles. The van der Waals surface area contributed by atoms with E-state index in [4.69, 9.17) is 9.47 Å². The van der Waals surface area contributed by atoms with E-state index in [1.165, 1.54) is 32.1 Å². The van der Waals surface area contributed by atoms with Gasteiger partial charge in [-0.3, -0.25) is 4.79 Å². The van der Waals surface area contributed by atoms with Crippen LogP contribution < -0.4 is 0 Å². The summed E-state index contributed by atoms with van der Waals surface area (Å²) in [6.45, 7) is 0.929. The zero-order chi connectivity index (χ0) is 20.6. The molecule has 1 aromatic rings. The van der Waals surface area contributed by atoms with Gasteiger partial charge in [0.15, 0.2) is 0 Å². The van der Waals surface area contributed by atoms with Gasteiger partial charge in [0.1, 0.15) is 0 Å².